The van der Waals surface area contributed by atoms with Crippen molar-refractivity contribution in [1.29, 1.82) is 0 Å². The minimum Gasteiger partial charge on any atom is -0.354 e. The smallest absolute Gasteiger partial charge is 0.251 e. The molecule has 1 aromatic carbocycles. The van der Waals surface area contributed by atoms with E-state index >= 15 is 0 Å². The van der Waals surface area contributed by atoms with Crippen LogP contribution in [0.1, 0.15) is 34.3 Å². The molecule has 0 aliphatic carbocycles. The summed E-state index contributed by atoms with van der Waals surface area (Å²) in [5.74, 6) is 1.08. The lowest BCUT2D eigenvalue weighted by atomic mass is 9.98. The molecule has 0 bridgehead atoms. The van der Waals surface area contributed by atoms with Crippen molar-refractivity contribution < 1.29 is 4.79 Å². The van der Waals surface area contributed by atoms with Gasteiger partial charge in [0.25, 0.3) is 5.91 Å². The molecule has 36 heavy (non-hydrogen) atoms. The number of anilines is 1. The Morgan fingerprint density at radius 2 is 1.81 bits per heavy atom. The van der Waals surface area contributed by atoms with E-state index in [0.29, 0.717) is 5.56 Å². The molecule has 2 aromatic heterocycles. The first-order chi connectivity index (χ1) is 17.5. The van der Waals surface area contributed by atoms with Gasteiger partial charge in [-0.25, -0.2) is 4.98 Å². The van der Waals surface area contributed by atoms with Crippen molar-refractivity contribution in [2.75, 3.05) is 51.2 Å². The van der Waals surface area contributed by atoms with Crippen molar-refractivity contribution >= 4 is 11.7 Å². The number of nitrogens with one attached hydrogen (secondary N) is 1. The molecule has 7 nitrogen and oxygen atoms in total. The highest BCUT2D eigenvalue weighted by atomic mass is 16.1. The highest BCUT2D eigenvalue weighted by Crippen LogP contribution is 2.24. The maximum absolute atomic E-state index is 13.0. The Kier molecular flexibility index (Phi) is 7.58. The van der Waals surface area contributed by atoms with E-state index in [9.17, 15) is 4.79 Å². The molecule has 0 spiro atoms. The monoisotopic (exact) mass is 484 g/mol. The Morgan fingerprint density at radius 1 is 1.00 bits per heavy atom. The fourth-order valence-electron chi connectivity index (χ4n) is 5.09. The Bertz CT molecular complexity index is 1150. The minimum atomic E-state index is 0.00212. The number of piperazine rings is 1. The molecule has 0 saturated carbocycles. The average Bonchev–Trinajstić information content (AvgIpc) is 2.91. The molecule has 2 saturated heterocycles. The van der Waals surface area contributed by atoms with Crippen LogP contribution in [0.2, 0.25) is 0 Å². The van der Waals surface area contributed by atoms with Crippen molar-refractivity contribution in [3.63, 3.8) is 0 Å². The summed E-state index contributed by atoms with van der Waals surface area (Å²) < 4.78 is 0. The van der Waals surface area contributed by atoms with E-state index in [1.807, 2.05) is 42.7 Å². The van der Waals surface area contributed by atoms with Crippen molar-refractivity contribution in [3.05, 3.63) is 77.7 Å². The molecule has 4 heterocycles. The average molecular weight is 485 g/mol. The number of benzene rings is 1. The summed E-state index contributed by atoms with van der Waals surface area (Å²) in [5, 5.41) is 3.26. The van der Waals surface area contributed by atoms with E-state index < -0.39 is 0 Å². The number of carbonyl (C=O) groups excluding carboxylic acids is 1. The molecule has 0 unspecified atom stereocenters. The van der Waals surface area contributed by atoms with Gasteiger partial charge < -0.3 is 15.1 Å². The van der Waals surface area contributed by atoms with Crippen LogP contribution < -0.4 is 10.2 Å². The van der Waals surface area contributed by atoms with Gasteiger partial charge in [0.15, 0.2) is 0 Å². The van der Waals surface area contributed by atoms with Crippen LogP contribution in [0.25, 0.3) is 11.1 Å². The number of aryl methyl sites for hydroxylation is 1. The number of nitrogens with zero attached hydrogens (tertiary/aromatic N) is 5. The van der Waals surface area contributed by atoms with Crippen molar-refractivity contribution in [3.8, 4) is 11.1 Å². The van der Waals surface area contributed by atoms with E-state index in [4.69, 9.17) is 4.98 Å². The summed E-state index contributed by atoms with van der Waals surface area (Å²) in [6, 6.07) is 14.4. The van der Waals surface area contributed by atoms with Crippen molar-refractivity contribution in [2.24, 2.45) is 0 Å². The summed E-state index contributed by atoms with van der Waals surface area (Å²) in [5.41, 5.74) is 5.17. The third-order valence-corrected chi connectivity index (χ3v) is 7.44. The first-order valence-electron chi connectivity index (χ1n) is 13.0. The third-order valence-electron chi connectivity index (χ3n) is 7.44. The number of piperidine rings is 1. The fraction of sp³-hybridized carbons (Fsp3) is 0.414. The standard InChI is InChI=1S/C29H36N6O/c1-22-5-7-24(18-27(22)25-4-3-11-30-20-25)29(36)32-26-9-12-34(13-10-26)21-23-6-8-28(31-19-23)35-16-14-33(2)15-17-35/h3-8,11,18-20,26H,9-10,12-17,21H2,1-2H3,(H,32,36). The molecular formula is C29H36N6O. The van der Waals surface area contributed by atoms with Crippen molar-refractivity contribution in [1.82, 2.24) is 25.1 Å². The number of amides is 1. The van der Waals surface area contributed by atoms with Gasteiger partial charge in [0.2, 0.25) is 0 Å². The molecule has 3 aromatic rings. The van der Waals surface area contributed by atoms with Gasteiger partial charge in [-0.15, -0.1) is 0 Å². The fourth-order valence-corrected chi connectivity index (χ4v) is 5.09. The molecule has 188 valence electrons. The molecule has 5 rings (SSSR count). The summed E-state index contributed by atoms with van der Waals surface area (Å²) >= 11 is 0. The van der Waals surface area contributed by atoms with Gasteiger partial charge in [-0.2, -0.15) is 0 Å². The van der Waals surface area contributed by atoms with Crippen LogP contribution in [0.4, 0.5) is 5.82 Å². The molecule has 0 atom stereocenters. The lowest BCUT2D eigenvalue weighted by Crippen LogP contribution is -2.45. The number of hydrogen-bond donors (Lipinski definition) is 1. The van der Waals surface area contributed by atoms with Gasteiger partial charge in [0.1, 0.15) is 5.82 Å². The Morgan fingerprint density at radius 3 is 2.50 bits per heavy atom. The molecule has 2 fully saturated rings. The van der Waals surface area contributed by atoms with E-state index in [1.165, 1.54) is 5.56 Å². The number of likely N-dealkylation sites (N-methyl/N-ethyl adjacent to an activating group) is 1. The van der Waals surface area contributed by atoms with Crippen LogP contribution in [0.15, 0.2) is 61.1 Å². The van der Waals surface area contributed by atoms with Crippen LogP contribution in [-0.4, -0.2) is 78.0 Å². The number of hydrogen-bond acceptors (Lipinski definition) is 6. The zero-order chi connectivity index (χ0) is 24.9. The highest BCUT2D eigenvalue weighted by molar-refractivity contribution is 5.96. The van der Waals surface area contributed by atoms with Gasteiger partial charge >= 0.3 is 0 Å². The van der Waals surface area contributed by atoms with Crippen LogP contribution in [0.3, 0.4) is 0 Å². The zero-order valence-corrected chi connectivity index (χ0v) is 21.4. The van der Waals surface area contributed by atoms with Gasteiger partial charge in [-0.05, 0) is 67.8 Å². The van der Waals surface area contributed by atoms with E-state index in [0.717, 1.165) is 81.2 Å². The van der Waals surface area contributed by atoms with E-state index in [1.54, 1.807) is 6.20 Å². The van der Waals surface area contributed by atoms with Gasteiger partial charge in [-0.1, -0.05) is 18.2 Å². The Balaban J connectivity index is 1.11. The number of pyridine rings is 2. The summed E-state index contributed by atoms with van der Waals surface area (Å²) in [6.45, 7) is 9.16. The second-order valence-electron chi connectivity index (χ2n) is 10.1. The first-order valence-corrected chi connectivity index (χ1v) is 13.0. The maximum atomic E-state index is 13.0. The zero-order valence-electron chi connectivity index (χ0n) is 21.4. The molecule has 0 radical (unpaired) electrons. The van der Waals surface area contributed by atoms with E-state index in [2.05, 4.69) is 51.1 Å². The summed E-state index contributed by atoms with van der Waals surface area (Å²) in [6.07, 6.45) is 7.55. The van der Waals surface area contributed by atoms with Crippen LogP contribution in [-0.2, 0) is 6.54 Å². The van der Waals surface area contributed by atoms with Gasteiger partial charge in [-0.3, -0.25) is 14.7 Å². The van der Waals surface area contributed by atoms with Crippen molar-refractivity contribution in [2.45, 2.75) is 32.4 Å². The SMILES string of the molecule is Cc1ccc(C(=O)NC2CCN(Cc3ccc(N4CCN(C)CC4)nc3)CC2)cc1-c1cccnc1. The topological polar surface area (TPSA) is 64.6 Å². The maximum Gasteiger partial charge on any atom is 0.251 e. The predicted octanol–water partition coefficient (Wildman–Crippen LogP) is 3.60. The highest BCUT2D eigenvalue weighted by Gasteiger charge is 2.22. The number of likely N-dealkylation sites (tertiary alicyclic amines) is 1. The number of aromatic nitrogens is 2. The molecule has 1 amide bonds. The second-order valence-corrected chi connectivity index (χ2v) is 10.1. The first kappa shape index (κ1) is 24.4. The molecule has 2 aliphatic rings. The normalized spacial score (nSPS) is 17.8. The molecule has 2 aliphatic heterocycles. The second kappa shape index (κ2) is 11.2. The van der Waals surface area contributed by atoms with E-state index in [-0.39, 0.29) is 11.9 Å². The van der Waals surface area contributed by atoms with Gasteiger partial charge in [0, 0.05) is 81.6 Å². The van der Waals surface area contributed by atoms with Gasteiger partial charge in [0.05, 0.1) is 0 Å². The van der Waals surface area contributed by atoms with Crippen LogP contribution in [0.5, 0.6) is 0 Å². The van der Waals surface area contributed by atoms with Crippen LogP contribution >= 0.6 is 0 Å². The molecular weight excluding hydrogens is 448 g/mol. The Labute approximate surface area is 214 Å². The number of rotatable bonds is 6. The largest absolute Gasteiger partial charge is 0.354 e. The number of carbonyl (C=O) groups is 1. The Hall–Kier alpha value is -3.29. The third kappa shape index (κ3) is 5.91. The summed E-state index contributed by atoms with van der Waals surface area (Å²) in [7, 11) is 2.17. The lowest BCUT2D eigenvalue weighted by molar-refractivity contribution is 0.0909. The minimum absolute atomic E-state index is 0.00212. The predicted molar refractivity (Wildman–Crippen MR) is 144 cm³/mol. The summed E-state index contributed by atoms with van der Waals surface area (Å²) in [4.78, 5) is 29.1. The molecule has 1 N–H and O–H groups in total. The molecule has 7 heteroatoms. The quantitative estimate of drug-likeness (QED) is 0.577. The lowest BCUT2D eigenvalue weighted by Gasteiger charge is -2.33. The van der Waals surface area contributed by atoms with Crippen LogP contribution in [0, 0.1) is 6.92 Å².